The molecule has 30 heavy (non-hydrogen) atoms. The maximum atomic E-state index is 8.80. The van der Waals surface area contributed by atoms with Gasteiger partial charge in [0.15, 0.2) is 0 Å². The molecular formula is C24H33N5O. The van der Waals surface area contributed by atoms with Gasteiger partial charge in [0.25, 0.3) is 0 Å². The Bertz CT molecular complexity index is 986. The lowest BCUT2D eigenvalue weighted by atomic mass is 10.0. The predicted molar refractivity (Wildman–Crippen MR) is 123 cm³/mol. The number of pyridine rings is 2. The van der Waals surface area contributed by atoms with Crippen molar-refractivity contribution in [2.24, 2.45) is 16.2 Å². The molecule has 3 rings (SSSR count). The minimum Gasteiger partial charge on any atom is -0.396 e. The van der Waals surface area contributed by atoms with E-state index in [0.29, 0.717) is 12.4 Å². The summed E-state index contributed by atoms with van der Waals surface area (Å²) in [5.41, 5.74) is 4.03. The number of rotatable bonds is 12. The van der Waals surface area contributed by atoms with Crippen LogP contribution in [-0.2, 0) is 6.42 Å². The Hall–Kier alpha value is -2.60. The third-order valence-electron chi connectivity index (χ3n) is 5.60. The second-order valence-electron chi connectivity index (χ2n) is 8.07. The summed E-state index contributed by atoms with van der Waals surface area (Å²) in [6, 6.07) is 8.48. The summed E-state index contributed by atoms with van der Waals surface area (Å²) >= 11 is 0. The first-order chi connectivity index (χ1) is 14.7. The Morgan fingerprint density at radius 2 is 1.60 bits per heavy atom. The van der Waals surface area contributed by atoms with E-state index in [0.717, 1.165) is 46.6 Å². The molecule has 6 heteroatoms. The van der Waals surface area contributed by atoms with Gasteiger partial charge in [-0.3, -0.25) is 4.98 Å². The lowest BCUT2D eigenvalue weighted by molar-refractivity contribution is 0.282. The number of aliphatic hydroxyl groups is 1. The van der Waals surface area contributed by atoms with Gasteiger partial charge in [0.2, 0.25) is 5.82 Å². The third-order valence-corrected chi connectivity index (χ3v) is 5.60. The van der Waals surface area contributed by atoms with Crippen LogP contribution in [0.3, 0.4) is 0 Å². The van der Waals surface area contributed by atoms with Crippen molar-refractivity contribution in [3.63, 3.8) is 0 Å². The smallest absolute Gasteiger partial charge is 0.203 e. The maximum Gasteiger partial charge on any atom is 0.203 e. The number of hydrogen-bond donors (Lipinski definition) is 2. The molecule has 2 heterocycles. The van der Waals surface area contributed by atoms with Crippen LogP contribution in [0.25, 0.3) is 21.8 Å². The van der Waals surface area contributed by atoms with Crippen LogP contribution in [0, 0.1) is 6.92 Å². The largest absolute Gasteiger partial charge is 0.396 e. The number of nitrogens with two attached hydrogens (primary N) is 1. The molecule has 3 aromatic rings. The lowest BCUT2D eigenvalue weighted by Crippen LogP contribution is -1.93. The predicted octanol–water partition coefficient (Wildman–Crippen LogP) is 6.09. The van der Waals surface area contributed by atoms with Gasteiger partial charge in [-0.1, -0.05) is 62.3 Å². The highest BCUT2D eigenvalue weighted by Gasteiger charge is 2.11. The molecule has 0 aliphatic heterocycles. The number of hydrogen-bond acceptors (Lipinski definition) is 5. The van der Waals surface area contributed by atoms with Gasteiger partial charge in [0.1, 0.15) is 5.52 Å². The van der Waals surface area contributed by atoms with Crippen molar-refractivity contribution in [3.05, 3.63) is 41.6 Å². The van der Waals surface area contributed by atoms with Crippen LogP contribution < -0.4 is 5.84 Å². The molecule has 0 amide bonds. The van der Waals surface area contributed by atoms with Crippen LogP contribution >= 0.6 is 0 Å². The van der Waals surface area contributed by atoms with E-state index >= 15 is 0 Å². The van der Waals surface area contributed by atoms with Crippen molar-refractivity contribution in [1.82, 2.24) is 9.97 Å². The number of nitrogens with zero attached hydrogens (tertiary/aromatic N) is 4. The molecule has 0 bridgehead atoms. The SMILES string of the molecule is Cc1ccc2c(c1)nc(N=NN)c1ncc(CCCCCCCCCCCO)cc12. The Labute approximate surface area is 178 Å². The molecule has 0 saturated heterocycles. The normalized spacial score (nSPS) is 11.8. The van der Waals surface area contributed by atoms with Gasteiger partial charge >= 0.3 is 0 Å². The van der Waals surface area contributed by atoms with E-state index in [-0.39, 0.29) is 0 Å². The van der Waals surface area contributed by atoms with Crippen LogP contribution in [0.2, 0.25) is 0 Å². The van der Waals surface area contributed by atoms with Gasteiger partial charge in [0.05, 0.1) is 5.52 Å². The van der Waals surface area contributed by atoms with E-state index < -0.39 is 0 Å². The van der Waals surface area contributed by atoms with Crippen molar-refractivity contribution in [3.8, 4) is 0 Å². The first kappa shape index (κ1) is 22.1. The molecule has 0 aliphatic rings. The third kappa shape index (κ3) is 5.95. The summed E-state index contributed by atoms with van der Waals surface area (Å²) in [5, 5.41) is 18.4. The molecule has 2 aromatic heterocycles. The van der Waals surface area contributed by atoms with E-state index in [1.54, 1.807) is 0 Å². The fourth-order valence-electron chi connectivity index (χ4n) is 3.96. The standard InChI is InChI=1S/C24H33N5O/c1-18-12-13-20-21-16-19(11-9-7-5-3-2-4-6-8-10-14-30)17-26-23(21)24(28-29-25)27-22(20)15-18/h12-13,15-17,30H,2-11,14H2,1H3,(H2,25,27,28). The van der Waals surface area contributed by atoms with Crippen LogP contribution in [0.4, 0.5) is 5.82 Å². The number of unbranched alkanes of at least 4 members (excludes halogenated alkanes) is 8. The molecule has 6 nitrogen and oxygen atoms in total. The molecule has 1 aromatic carbocycles. The molecule has 0 aliphatic carbocycles. The molecule has 160 valence electrons. The van der Waals surface area contributed by atoms with E-state index in [2.05, 4.69) is 51.5 Å². The molecule has 0 spiro atoms. The average Bonchev–Trinajstić information content (AvgIpc) is 2.75. The van der Waals surface area contributed by atoms with E-state index in [9.17, 15) is 0 Å². The highest BCUT2D eigenvalue weighted by atomic mass is 16.2. The number of fused-ring (bicyclic) bond motifs is 3. The van der Waals surface area contributed by atoms with Crippen molar-refractivity contribution < 1.29 is 5.11 Å². The highest BCUT2D eigenvalue weighted by Crippen LogP contribution is 2.31. The zero-order valence-electron chi connectivity index (χ0n) is 18.0. The number of aryl methyl sites for hydroxylation is 2. The topological polar surface area (TPSA) is 96.8 Å². The number of aromatic nitrogens is 2. The van der Waals surface area contributed by atoms with Crippen LogP contribution in [-0.4, -0.2) is 21.7 Å². The Morgan fingerprint density at radius 3 is 2.30 bits per heavy atom. The molecular weight excluding hydrogens is 374 g/mol. The maximum absolute atomic E-state index is 8.80. The van der Waals surface area contributed by atoms with E-state index in [1.165, 1.54) is 50.5 Å². The Kier molecular flexibility index (Phi) is 8.51. The van der Waals surface area contributed by atoms with Crippen molar-refractivity contribution in [2.75, 3.05) is 6.61 Å². The summed E-state index contributed by atoms with van der Waals surface area (Å²) < 4.78 is 0. The number of aliphatic hydroxyl groups excluding tert-OH is 1. The van der Waals surface area contributed by atoms with E-state index in [1.807, 2.05) is 6.20 Å². The summed E-state index contributed by atoms with van der Waals surface area (Å²) in [6.07, 6.45) is 13.9. The van der Waals surface area contributed by atoms with E-state index in [4.69, 9.17) is 10.9 Å². The summed E-state index contributed by atoms with van der Waals surface area (Å²) in [5.74, 6) is 5.75. The van der Waals surface area contributed by atoms with Crippen LogP contribution in [0.15, 0.2) is 40.8 Å². The molecule has 0 radical (unpaired) electrons. The fraction of sp³-hybridized carbons (Fsp3) is 0.500. The molecule has 0 atom stereocenters. The van der Waals surface area contributed by atoms with Gasteiger partial charge in [-0.2, -0.15) is 0 Å². The fourth-order valence-corrected chi connectivity index (χ4v) is 3.96. The summed E-state index contributed by atoms with van der Waals surface area (Å²) in [4.78, 5) is 9.24. The van der Waals surface area contributed by atoms with Gasteiger partial charge in [-0.05, 0) is 49.4 Å². The van der Waals surface area contributed by atoms with Gasteiger partial charge in [0, 0.05) is 23.6 Å². The second kappa shape index (κ2) is 11.6. The van der Waals surface area contributed by atoms with Gasteiger partial charge in [-0.15, -0.1) is 5.11 Å². The summed E-state index contributed by atoms with van der Waals surface area (Å²) in [6.45, 7) is 2.38. The second-order valence-corrected chi connectivity index (χ2v) is 8.07. The van der Waals surface area contributed by atoms with Gasteiger partial charge < -0.3 is 10.9 Å². The lowest BCUT2D eigenvalue weighted by Gasteiger charge is -2.08. The Balaban J connectivity index is 1.60. The number of benzene rings is 1. The highest BCUT2D eigenvalue weighted by molar-refractivity contribution is 6.08. The zero-order chi connectivity index (χ0) is 21.2. The monoisotopic (exact) mass is 407 g/mol. The molecule has 0 saturated carbocycles. The Morgan fingerprint density at radius 1 is 0.900 bits per heavy atom. The van der Waals surface area contributed by atoms with Crippen LogP contribution in [0.1, 0.15) is 68.9 Å². The molecule has 0 fully saturated rings. The first-order valence-corrected chi connectivity index (χ1v) is 11.1. The molecule has 0 unspecified atom stereocenters. The first-order valence-electron chi connectivity index (χ1n) is 11.1. The van der Waals surface area contributed by atoms with Gasteiger partial charge in [-0.25, -0.2) is 4.98 Å². The quantitative estimate of drug-likeness (QED) is 0.125. The minimum atomic E-state index is 0.327. The van der Waals surface area contributed by atoms with Crippen molar-refractivity contribution in [2.45, 2.75) is 71.1 Å². The van der Waals surface area contributed by atoms with Crippen molar-refractivity contribution in [1.29, 1.82) is 0 Å². The summed E-state index contributed by atoms with van der Waals surface area (Å²) in [7, 11) is 0. The van der Waals surface area contributed by atoms with Crippen molar-refractivity contribution >= 4 is 27.6 Å². The zero-order valence-corrected chi connectivity index (χ0v) is 18.0. The minimum absolute atomic E-state index is 0.327. The van der Waals surface area contributed by atoms with Crippen LogP contribution in [0.5, 0.6) is 0 Å². The molecule has 3 N–H and O–H groups in total. The average molecular weight is 408 g/mol.